The summed E-state index contributed by atoms with van der Waals surface area (Å²) in [6.07, 6.45) is 5.02. The molecule has 3 nitrogen and oxygen atoms in total. The summed E-state index contributed by atoms with van der Waals surface area (Å²) >= 11 is 12.2. The fourth-order valence-corrected chi connectivity index (χ4v) is 4.03. The lowest BCUT2D eigenvalue weighted by atomic mass is 9.76. The van der Waals surface area contributed by atoms with E-state index in [1.807, 2.05) is 18.2 Å². The molecule has 3 rings (SSSR count). The maximum Gasteiger partial charge on any atom is 0.157 e. The average Bonchev–Trinajstić information content (AvgIpc) is 2.63. The van der Waals surface area contributed by atoms with Gasteiger partial charge in [0.15, 0.2) is 6.29 Å². The van der Waals surface area contributed by atoms with E-state index in [9.17, 15) is 9.90 Å². The molecule has 0 aromatic heterocycles. The van der Waals surface area contributed by atoms with Gasteiger partial charge in [0.2, 0.25) is 0 Å². The van der Waals surface area contributed by atoms with Crippen LogP contribution in [0.5, 0.6) is 11.5 Å². The van der Waals surface area contributed by atoms with Gasteiger partial charge in [-0.15, -0.1) is 0 Å². The van der Waals surface area contributed by atoms with E-state index < -0.39 is 0 Å². The van der Waals surface area contributed by atoms with Crippen molar-refractivity contribution in [2.45, 2.75) is 31.6 Å². The molecule has 2 aromatic rings. The van der Waals surface area contributed by atoms with E-state index in [1.54, 1.807) is 6.07 Å². The number of benzene rings is 2. The highest BCUT2D eigenvalue weighted by molar-refractivity contribution is 6.32. The Morgan fingerprint density at radius 3 is 2.60 bits per heavy atom. The Kier molecular flexibility index (Phi) is 5.87. The number of halogens is 2. The molecule has 2 unspecified atom stereocenters. The number of hydrogen-bond acceptors (Lipinski definition) is 3. The fraction of sp³-hybridized carbons (Fsp3) is 0.350. The maximum absolute atomic E-state index is 11.3. The van der Waals surface area contributed by atoms with Crippen LogP contribution in [0.3, 0.4) is 0 Å². The van der Waals surface area contributed by atoms with Gasteiger partial charge in [-0.05, 0) is 48.4 Å². The first-order chi connectivity index (χ1) is 12.1. The standard InChI is InChI=1S/C20H20Cl2O3/c21-17-8-4-3-7-15(17)14-6-2-1-5-13(14)12-25-19-10-9-18(22)20(24)16(19)11-23/h3-4,7-11,13-14,24H,1-2,5-6,12H2. The molecule has 0 aliphatic heterocycles. The number of phenols is 1. The van der Waals surface area contributed by atoms with Crippen LogP contribution in [0.25, 0.3) is 0 Å². The van der Waals surface area contributed by atoms with Crippen molar-refractivity contribution in [2.24, 2.45) is 5.92 Å². The smallest absolute Gasteiger partial charge is 0.157 e. The molecule has 1 saturated carbocycles. The number of hydrogen-bond donors (Lipinski definition) is 1. The second-order valence-electron chi connectivity index (χ2n) is 6.41. The molecule has 0 heterocycles. The highest BCUT2D eigenvalue weighted by Crippen LogP contribution is 2.41. The third-order valence-corrected chi connectivity index (χ3v) is 5.56. The Morgan fingerprint density at radius 2 is 1.84 bits per heavy atom. The van der Waals surface area contributed by atoms with E-state index in [4.69, 9.17) is 27.9 Å². The van der Waals surface area contributed by atoms with E-state index in [1.165, 1.54) is 12.5 Å². The van der Waals surface area contributed by atoms with Gasteiger partial charge in [0.05, 0.1) is 17.2 Å². The van der Waals surface area contributed by atoms with Crippen LogP contribution in [-0.4, -0.2) is 18.0 Å². The zero-order valence-corrected chi connectivity index (χ0v) is 15.3. The average molecular weight is 379 g/mol. The molecule has 2 aromatic carbocycles. The maximum atomic E-state index is 11.3. The highest BCUT2D eigenvalue weighted by atomic mass is 35.5. The number of phenolic OH excluding ortho intramolecular Hbond substituents is 1. The molecule has 0 spiro atoms. The van der Waals surface area contributed by atoms with Crippen molar-refractivity contribution in [3.05, 3.63) is 57.6 Å². The van der Waals surface area contributed by atoms with Crippen LogP contribution in [-0.2, 0) is 0 Å². The first kappa shape index (κ1) is 18.1. The topological polar surface area (TPSA) is 46.5 Å². The van der Waals surface area contributed by atoms with Gasteiger partial charge in [-0.25, -0.2) is 0 Å². The second-order valence-corrected chi connectivity index (χ2v) is 7.22. The predicted octanol–water partition coefficient (Wildman–Crippen LogP) is 5.86. The first-order valence-corrected chi connectivity index (χ1v) is 9.21. The summed E-state index contributed by atoms with van der Waals surface area (Å²) in [5.74, 6) is 0.773. The number of rotatable bonds is 5. The lowest BCUT2D eigenvalue weighted by molar-refractivity contribution is 0.111. The Hall–Kier alpha value is -1.71. The Labute approximate surface area is 157 Å². The van der Waals surface area contributed by atoms with Gasteiger partial charge >= 0.3 is 0 Å². The van der Waals surface area contributed by atoms with Crippen molar-refractivity contribution in [1.29, 1.82) is 0 Å². The predicted molar refractivity (Wildman–Crippen MR) is 100 cm³/mol. The number of carbonyl (C=O) groups excluding carboxylic acids is 1. The van der Waals surface area contributed by atoms with Gasteiger partial charge in [0.25, 0.3) is 0 Å². The van der Waals surface area contributed by atoms with Gasteiger partial charge in [-0.2, -0.15) is 0 Å². The second kappa shape index (κ2) is 8.11. The molecule has 1 fully saturated rings. The number of aromatic hydroxyl groups is 1. The molecule has 5 heteroatoms. The summed E-state index contributed by atoms with van der Waals surface area (Å²) in [6.45, 7) is 0.470. The Morgan fingerprint density at radius 1 is 1.08 bits per heavy atom. The molecule has 0 saturated heterocycles. The first-order valence-electron chi connectivity index (χ1n) is 8.45. The summed E-state index contributed by atoms with van der Waals surface area (Å²) < 4.78 is 5.90. The minimum Gasteiger partial charge on any atom is -0.505 e. The minimum absolute atomic E-state index is 0.0950. The minimum atomic E-state index is -0.236. The van der Waals surface area contributed by atoms with E-state index >= 15 is 0 Å². The van der Waals surface area contributed by atoms with Crippen molar-refractivity contribution in [3.8, 4) is 11.5 Å². The summed E-state index contributed by atoms with van der Waals surface area (Å²) in [6, 6.07) is 11.1. The van der Waals surface area contributed by atoms with Gasteiger partial charge in [0, 0.05) is 5.02 Å². The van der Waals surface area contributed by atoms with E-state index in [-0.39, 0.29) is 16.3 Å². The Bertz CT molecular complexity index is 761. The Balaban J connectivity index is 1.78. The normalized spacial score (nSPS) is 20.2. The van der Waals surface area contributed by atoms with Crippen molar-refractivity contribution >= 4 is 29.5 Å². The van der Waals surface area contributed by atoms with Gasteiger partial charge in [-0.3, -0.25) is 4.79 Å². The molecule has 132 valence electrons. The third-order valence-electron chi connectivity index (χ3n) is 4.91. The molecular formula is C20H20Cl2O3. The van der Waals surface area contributed by atoms with Gasteiger partial charge in [-0.1, -0.05) is 54.2 Å². The van der Waals surface area contributed by atoms with Gasteiger partial charge in [0.1, 0.15) is 11.5 Å². The molecule has 2 atom stereocenters. The zero-order valence-electron chi connectivity index (χ0n) is 13.8. The number of carbonyl (C=O) groups is 1. The summed E-state index contributed by atoms with van der Waals surface area (Å²) in [4.78, 5) is 11.3. The van der Waals surface area contributed by atoms with Crippen molar-refractivity contribution in [1.82, 2.24) is 0 Å². The molecule has 0 bridgehead atoms. The van der Waals surface area contributed by atoms with Crippen LogP contribution in [0.2, 0.25) is 10.0 Å². The zero-order chi connectivity index (χ0) is 17.8. The van der Waals surface area contributed by atoms with Crippen molar-refractivity contribution < 1.29 is 14.6 Å². The van der Waals surface area contributed by atoms with Crippen LogP contribution >= 0.6 is 23.2 Å². The third kappa shape index (κ3) is 3.94. The SMILES string of the molecule is O=Cc1c(OCC2CCCCC2c2ccccc2Cl)ccc(Cl)c1O. The van der Waals surface area contributed by atoms with Crippen LogP contribution in [0.15, 0.2) is 36.4 Å². The number of aldehydes is 1. The van der Waals surface area contributed by atoms with Crippen LogP contribution in [0.1, 0.15) is 47.5 Å². The quantitative estimate of drug-likeness (QED) is 0.662. The summed E-state index contributed by atoms with van der Waals surface area (Å²) in [7, 11) is 0. The van der Waals surface area contributed by atoms with E-state index in [0.717, 1.165) is 29.8 Å². The highest BCUT2D eigenvalue weighted by Gasteiger charge is 2.28. The molecule has 1 aliphatic carbocycles. The largest absolute Gasteiger partial charge is 0.505 e. The van der Waals surface area contributed by atoms with Crippen LogP contribution in [0.4, 0.5) is 0 Å². The molecule has 25 heavy (non-hydrogen) atoms. The lowest BCUT2D eigenvalue weighted by Crippen LogP contribution is -2.24. The summed E-state index contributed by atoms with van der Waals surface area (Å²) in [5.41, 5.74) is 1.25. The molecular weight excluding hydrogens is 359 g/mol. The van der Waals surface area contributed by atoms with E-state index in [0.29, 0.717) is 30.5 Å². The van der Waals surface area contributed by atoms with Crippen molar-refractivity contribution in [2.75, 3.05) is 6.61 Å². The van der Waals surface area contributed by atoms with E-state index in [2.05, 4.69) is 6.07 Å². The summed E-state index contributed by atoms with van der Waals surface area (Å²) in [5, 5.41) is 10.8. The molecule has 0 radical (unpaired) electrons. The molecule has 0 amide bonds. The lowest BCUT2D eigenvalue weighted by Gasteiger charge is -2.32. The molecule has 1 N–H and O–H groups in total. The number of ether oxygens (including phenoxy) is 1. The fourth-order valence-electron chi connectivity index (χ4n) is 3.59. The van der Waals surface area contributed by atoms with Crippen LogP contribution < -0.4 is 4.74 Å². The van der Waals surface area contributed by atoms with Crippen LogP contribution in [0, 0.1) is 5.92 Å². The van der Waals surface area contributed by atoms with Crippen molar-refractivity contribution in [3.63, 3.8) is 0 Å². The van der Waals surface area contributed by atoms with Gasteiger partial charge < -0.3 is 9.84 Å². The molecule has 1 aliphatic rings. The monoisotopic (exact) mass is 378 g/mol.